The number of hydrogen-bond donors (Lipinski definition) is 0. The molecule has 0 N–H and O–H groups in total. The summed E-state index contributed by atoms with van der Waals surface area (Å²) < 4.78 is 2.32. The van der Waals surface area contributed by atoms with Gasteiger partial charge in [0.05, 0.1) is 6.54 Å². The highest BCUT2D eigenvalue weighted by Gasteiger charge is 2.24. The van der Waals surface area contributed by atoms with Gasteiger partial charge in [0.2, 0.25) is 0 Å². The van der Waals surface area contributed by atoms with Gasteiger partial charge >= 0.3 is 0 Å². The Morgan fingerprint density at radius 2 is 2.23 bits per heavy atom. The van der Waals surface area contributed by atoms with Crippen LogP contribution in [0.2, 0.25) is 0 Å². The Bertz CT molecular complexity index is 803. The van der Waals surface area contributed by atoms with Crippen LogP contribution in [0.3, 0.4) is 0 Å². The van der Waals surface area contributed by atoms with E-state index in [2.05, 4.69) is 46.8 Å². The Labute approximate surface area is 134 Å². The highest BCUT2D eigenvalue weighted by molar-refractivity contribution is 7.99. The summed E-state index contributed by atoms with van der Waals surface area (Å²) in [5.41, 5.74) is 4.64. The number of rotatable bonds is 3. The molecule has 3 aromatic rings. The highest BCUT2D eigenvalue weighted by atomic mass is 32.2. The van der Waals surface area contributed by atoms with Gasteiger partial charge in [0.15, 0.2) is 5.65 Å². The van der Waals surface area contributed by atoms with Gasteiger partial charge in [-0.15, -0.1) is 0 Å². The van der Waals surface area contributed by atoms with E-state index in [4.69, 9.17) is 4.98 Å². The molecule has 1 atom stereocenters. The third-order valence-corrected chi connectivity index (χ3v) is 5.41. The van der Waals surface area contributed by atoms with Crippen LogP contribution in [0, 0.1) is 6.92 Å². The van der Waals surface area contributed by atoms with E-state index in [1.54, 1.807) is 0 Å². The third kappa shape index (κ3) is 2.52. The molecule has 1 aliphatic heterocycles. The molecule has 0 bridgehead atoms. The number of aromatic nitrogens is 3. The van der Waals surface area contributed by atoms with Gasteiger partial charge in [-0.3, -0.25) is 0 Å². The quantitative estimate of drug-likeness (QED) is 0.732. The normalized spacial score (nSPS) is 18.1. The first-order chi connectivity index (χ1) is 10.8. The molecule has 0 amide bonds. The minimum atomic E-state index is 0.559. The summed E-state index contributed by atoms with van der Waals surface area (Å²) >= 11 is 2.03. The topological polar surface area (TPSA) is 30.7 Å². The molecule has 1 saturated heterocycles. The smallest absolute Gasteiger partial charge is 0.160 e. The first-order valence-corrected chi connectivity index (χ1v) is 8.91. The standard InChI is InChI=1S/C18H19N3S/c1-13-4-2-5-14(10-13)11-21-17(15-7-9-22-12-15)20-16-6-3-8-19-18(16)21/h2-6,8,10,15H,7,9,11-12H2,1H3. The summed E-state index contributed by atoms with van der Waals surface area (Å²) in [5, 5.41) is 0. The van der Waals surface area contributed by atoms with E-state index in [0.717, 1.165) is 17.7 Å². The van der Waals surface area contributed by atoms with Gasteiger partial charge in [0.1, 0.15) is 11.3 Å². The van der Waals surface area contributed by atoms with Gasteiger partial charge in [0.25, 0.3) is 0 Å². The van der Waals surface area contributed by atoms with Crippen molar-refractivity contribution in [1.29, 1.82) is 0 Å². The monoisotopic (exact) mass is 309 g/mol. The number of aryl methyl sites for hydroxylation is 1. The van der Waals surface area contributed by atoms with E-state index in [9.17, 15) is 0 Å². The minimum absolute atomic E-state index is 0.559. The van der Waals surface area contributed by atoms with Crippen molar-refractivity contribution >= 4 is 22.9 Å². The summed E-state index contributed by atoms with van der Waals surface area (Å²) in [6.45, 7) is 2.99. The summed E-state index contributed by atoms with van der Waals surface area (Å²) in [4.78, 5) is 9.49. The Morgan fingerprint density at radius 1 is 1.27 bits per heavy atom. The Kier molecular flexibility index (Phi) is 3.62. The molecule has 22 heavy (non-hydrogen) atoms. The molecular formula is C18H19N3S. The molecule has 0 aliphatic carbocycles. The van der Waals surface area contributed by atoms with Crippen LogP contribution in [0.1, 0.15) is 29.3 Å². The molecule has 2 aromatic heterocycles. The number of benzene rings is 1. The fraction of sp³-hybridized carbons (Fsp3) is 0.333. The molecule has 3 nitrogen and oxygen atoms in total. The maximum Gasteiger partial charge on any atom is 0.160 e. The van der Waals surface area contributed by atoms with E-state index in [1.807, 2.05) is 24.0 Å². The van der Waals surface area contributed by atoms with E-state index >= 15 is 0 Å². The van der Waals surface area contributed by atoms with Crippen molar-refractivity contribution in [3.8, 4) is 0 Å². The maximum absolute atomic E-state index is 4.90. The van der Waals surface area contributed by atoms with Gasteiger partial charge < -0.3 is 4.57 Å². The lowest BCUT2D eigenvalue weighted by atomic mass is 10.1. The number of hydrogen-bond acceptors (Lipinski definition) is 3. The fourth-order valence-corrected chi connectivity index (χ4v) is 4.39. The van der Waals surface area contributed by atoms with Crippen molar-refractivity contribution in [2.45, 2.75) is 25.8 Å². The molecule has 1 aromatic carbocycles. The van der Waals surface area contributed by atoms with Crippen LogP contribution >= 0.6 is 11.8 Å². The van der Waals surface area contributed by atoms with Gasteiger partial charge in [-0.2, -0.15) is 11.8 Å². The number of nitrogens with zero attached hydrogens (tertiary/aromatic N) is 3. The molecule has 0 spiro atoms. The minimum Gasteiger partial charge on any atom is -0.308 e. The van der Waals surface area contributed by atoms with Gasteiger partial charge in [-0.1, -0.05) is 29.8 Å². The van der Waals surface area contributed by atoms with E-state index in [1.165, 1.54) is 34.9 Å². The van der Waals surface area contributed by atoms with Crippen LogP contribution < -0.4 is 0 Å². The van der Waals surface area contributed by atoms with Crippen LogP contribution in [0.15, 0.2) is 42.6 Å². The lowest BCUT2D eigenvalue weighted by molar-refractivity contribution is 0.649. The van der Waals surface area contributed by atoms with Crippen molar-refractivity contribution in [3.63, 3.8) is 0 Å². The molecule has 1 unspecified atom stereocenters. The van der Waals surface area contributed by atoms with Crippen molar-refractivity contribution in [3.05, 3.63) is 59.5 Å². The third-order valence-electron chi connectivity index (χ3n) is 4.25. The first kappa shape index (κ1) is 13.8. The van der Waals surface area contributed by atoms with E-state index in [0.29, 0.717) is 5.92 Å². The molecule has 112 valence electrons. The van der Waals surface area contributed by atoms with Gasteiger partial charge in [-0.25, -0.2) is 9.97 Å². The summed E-state index contributed by atoms with van der Waals surface area (Å²) in [6.07, 6.45) is 3.09. The van der Waals surface area contributed by atoms with Crippen LogP contribution in [-0.4, -0.2) is 26.0 Å². The number of fused-ring (bicyclic) bond motifs is 1. The predicted octanol–water partition coefficient (Wildman–Crippen LogP) is 4.01. The number of thioether (sulfide) groups is 1. The Morgan fingerprint density at radius 3 is 3.05 bits per heavy atom. The summed E-state index contributed by atoms with van der Waals surface area (Å²) in [6, 6.07) is 12.8. The van der Waals surface area contributed by atoms with Crippen LogP contribution in [0.25, 0.3) is 11.2 Å². The zero-order valence-electron chi connectivity index (χ0n) is 12.7. The second-order valence-electron chi connectivity index (χ2n) is 5.95. The van der Waals surface area contributed by atoms with Crippen LogP contribution in [0.4, 0.5) is 0 Å². The van der Waals surface area contributed by atoms with Crippen molar-refractivity contribution in [2.24, 2.45) is 0 Å². The highest BCUT2D eigenvalue weighted by Crippen LogP contribution is 2.33. The summed E-state index contributed by atoms with van der Waals surface area (Å²) in [5.74, 6) is 4.19. The summed E-state index contributed by atoms with van der Waals surface area (Å²) in [7, 11) is 0. The fourth-order valence-electron chi connectivity index (χ4n) is 3.17. The molecule has 0 radical (unpaired) electrons. The lowest BCUT2D eigenvalue weighted by Gasteiger charge is -2.13. The average Bonchev–Trinajstić information content (AvgIpc) is 3.15. The molecule has 4 heteroatoms. The molecule has 1 fully saturated rings. The molecule has 3 heterocycles. The Balaban J connectivity index is 1.81. The van der Waals surface area contributed by atoms with Crippen LogP contribution in [0.5, 0.6) is 0 Å². The molecular weight excluding hydrogens is 290 g/mol. The zero-order valence-corrected chi connectivity index (χ0v) is 13.5. The number of pyridine rings is 1. The van der Waals surface area contributed by atoms with Crippen molar-refractivity contribution in [1.82, 2.24) is 14.5 Å². The van der Waals surface area contributed by atoms with E-state index < -0.39 is 0 Å². The Hall–Kier alpha value is -1.81. The van der Waals surface area contributed by atoms with Crippen molar-refractivity contribution in [2.75, 3.05) is 11.5 Å². The SMILES string of the molecule is Cc1cccc(Cn2c(C3CCSC3)nc3cccnc32)c1. The van der Waals surface area contributed by atoms with Crippen LogP contribution in [-0.2, 0) is 6.54 Å². The van der Waals surface area contributed by atoms with Crippen molar-refractivity contribution < 1.29 is 0 Å². The number of imidazole rings is 1. The molecule has 1 aliphatic rings. The largest absolute Gasteiger partial charge is 0.308 e. The van der Waals surface area contributed by atoms with Gasteiger partial charge in [0, 0.05) is 17.9 Å². The predicted molar refractivity (Wildman–Crippen MR) is 92.5 cm³/mol. The molecule has 4 rings (SSSR count). The lowest BCUT2D eigenvalue weighted by Crippen LogP contribution is -2.10. The first-order valence-electron chi connectivity index (χ1n) is 7.76. The van der Waals surface area contributed by atoms with Gasteiger partial charge in [-0.05, 0) is 36.8 Å². The maximum atomic E-state index is 4.90. The van der Waals surface area contributed by atoms with E-state index in [-0.39, 0.29) is 0 Å². The average molecular weight is 309 g/mol. The zero-order chi connectivity index (χ0) is 14.9. The second-order valence-corrected chi connectivity index (χ2v) is 7.10. The second kappa shape index (κ2) is 5.76. The molecule has 0 saturated carbocycles.